The van der Waals surface area contributed by atoms with Gasteiger partial charge < -0.3 is 57.8 Å². The molecule has 1 aliphatic carbocycles. The normalized spacial score (nSPS) is 14.7. The van der Waals surface area contributed by atoms with E-state index < -0.39 is 58.0 Å². The Morgan fingerprint density at radius 1 is 0.444 bits per heavy atom. The third kappa shape index (κ3) is 18.4. The molecule has 11 aromatic heterocycles. The number of ether oxygens (including phenoxy) is 3. The fourth-order valence-corrected chi connectivity index (χ4v) is 18.0. The summed E-state index contributed by atoms with van der Waals surface area (Å²) in [6, 6.07) is 31.7. The van der Waals surface area contributed by atoms with Crippen molar-refractivity contribution >= 4 is 61.1 Å². The number of rotatable bonds is 23. The van der Waals surface area contributed by atoms with Crippen molar-refractivity contribution in [1.29, 1.82) is 10.5 Å². The fourth-order valence-electron chi connectivity index (χ4n) is 17.6. The molecule has 2 aliphatic rings. The van der Waals surface area contributed by atoms with E-state index in [1.807, 2.05) is 58.2 Å². The molecule has 26 nitrogen and oxygen atoms in total. The van der Waals surface area contributed by atoms with Gasteiger partial charge in [0, 0.05) is 111 Å². The zero-order valence-corrected chi connectivity index (χ0v) is 76.7. The van der Waals surface area contributed by atoms with Crippen LogP contribution in [0.25, 0.3) is 43.6 Å². The van der Waals surface area contributed by atoms with Gasteiger partial charge in [-0.25, -0.2) is 34.9 Å². The van der Waals surface area contributed by atoms with Crippen LogP contribution in [0.15, 0.2) is 178 Å². The van der Waals surface area contributed by atoms with Crippen LogP contribution in [-0.4, -0.2) is 138 Å². The van der Waals surface area contributed by atoms with Gasteiger partial charge in [0.05, 0.1) is 132 Å². The van der Waals surface area contributed by atoms with Crippen LogP contribution in [0, 0.1) is 34.5 Å². The summed E-state index contributed by atoms with van der Waals surface area (Å²) < 4.78 is 144. The van der Waals surface area contributed by atoms with E-state index in [-0.39, 0.29) is 45.5 Å². The van der Waals surface area contributed by atoms with Crippen LogP contribution < -0.4 is 14.2 Å². The zero-order chi connectivity index (χ0) is 97.3. The largest absolute Gasteiger partial charge is 0.490 e. The third-order valence-corrected chi connectivity index (χ3v) is 25.4. The number of alkyl halides is 9. The summed E-state index contributed by atoms with van der Waals surface area (Å²) in [6.45, 7) is 15.0. The Hall–Kier alpha value is -13.8. The van der Waals surface area contributed by atoms with Crippen molar-refractivity contribution in [3.8, 4) is 29.6 Å². The molecule has 0 bridgehead atoms. The first-order valence-corrected chi connectivity index (χ1v) is 43.8. The van der Waals surface area contributed by atoms with Crippen molar-refractivity contribution in [2.45, 2.75) is 141 Å². The number of aromatic nitrogens is 15. The lowest BCUT2D eigenvalue weighted by Crippen LogP contribution is -2.58. The second kappa shape index (κ2) is 38.6. The number of aliphatic hydroxyl groups is 4. The average molecular weight is 1870 g/mol. The van der Waals surface area contributed by atoms with E-state index in [1.165, 1.54) is 87.0 Å². The lowest BCUT2D eigenvalue weighted by atomic mass is 9.74. The molecule has 1 amide bonds. The summed E-state index contributed by atoms with van der Waals surface area (Å²) in [5, 5.41) is 71.4. The number of carbonyl (C=O) groups excluding carboxylic acids is 1. The average Bonchev–Trinajstić information content (AvgIpc) is 1.73. The summed E-state index contributed by atoms with van der Waals surface area (Å²) >= 11 is 6.66. The molecule has 4 aromatic carbocycles. The van der Waals surface area contributed by atoms with E-state index in [9.17, 15) is 75.3 Å². The van der Waals surface area contributed by atoms with E-state index in [0.29, 0.717) is 150 Å². The van der Waals surface area contributed by atoms with Crippen molar-refractivity contribution in [1.82, 2.24) is 78.0 Å². The van der Waals surface area contributed by atoms with Gasteiger partial charge in [0.2, 0.25) is 17.7 Å². The molecule has 15 aromatic rings. The van der Waals surface area contributed by atoms with Gasteiger partial charge in [0.15, 0.2) is 22.6 Å². The predicted molar refractivity (Wildman–Crippen MR) is 485 cm³/mol. The number of nitrogens with zero attached hydrogens (tertiary/aromatic N) is 18. The number of amides is 1. The van der Waals surface area contributed by atoms with Gasteiger partial charge in [0.25, 0.3) is 0 Å². The molecule has 4 atom stereocenters. The summed E-state index contributed by atoms with van der Waals surface area (Å²) in [4.78, 5) is 58.9. The number of carbonyl (C=O) groups is 1. The Labute approximate surface area is 775 Å². The Bertz CT molecular complexity index is 7080. The zero-order valence-electron chi connectivity index (χ0n) is 75.9. The molecule has 700 valence electrons. The molecule has 1 aliphatic heterocycles. The highest BCUT2D eigenvalue weighted by atomic mass is 35.5. The highest BCUT2D eigenvalue weighted by Crippen LogP contribution is 2.49. The molecule has 1 saturated heterocycles. The molecule has 0 spiro atoms. The third-order valence-electron chi connectivity index (χ3n) is 25.0. The predicted octanol–water partition coefficient (Wildman–Crippen LogP) is 17.3. The van der Waals surface area contributed by atoms with Crippen molar-refractivity contribution in [3.05, 3.63) is 306 Å². The van der Waals surface area contributed by atoms with Crippen LogP contribution >= 0.6 is 11.6 Å². The van der Waals surface area contributed by atoms with Gasteiger partial charge in [-0.2, -0.15) is 50.0 Å². The molecule has 2 fully saturated rings. The van der Waals surface area contributed by atoms with E-state index in [0.717, 1.165) is 96.7 Å². The minimum Gasteiger partial charge on any atom is -0.490 e. The quantitative estimate of drug-likeness (QED) is 0.0432. The molecular formula is C99H96ClF9N18O8. The van der Waals surface area contributed by atoms with Crippen molar-refractivity contribution in [3.63, 3.8) is 0 Å². The van der Waals surface area contributed by atoms with E-state index >= 15 is 0 Å². The number of imidazole rings is 4. The Kier molecular flexibility index (Phi) is 27.8. The molecule has 12 heterocycles. The van der Waals surface area contributed by atoms with Crippen LogP contribution in [-0.2, 0) is 112 Å². The van der Waals surface area contributed by atoms with Gasteiger partial charge in [0.1, 0.15) is 40.4 Å². The molecule has 4 N–H and O–H groups in total. The van der Waals surface area contributed by atoms with Gasteiger partial charge in [-0.3, -0.25) is 24.7 Å². The van der Waals surface area contributed by atoms with Crippen molar-refractivity contribution < 1.29 is 78.9 Å². The summed E-state index contributed by atoms with van der Waals surface area (Å²) in [6.07, 6.45) is 7.48. The number of halogens is 10. The highest BCUT2D eigenvalue weighted by Gasteiger charge is 2.50. The number of fused-ring (bicyclic) bond motifs is 4. The first kappa shape index (κ1) is 97.2. The Balaban J connectivity index is 0.000000144. The molecule has 135 heavy (non-hydrogen) atoms. The fraction of sp³-hybridized carbons (Fsp3) is 0.333. The summed E-state index contributed by atoms with van der Waals surface area (Å²) in [5.41, 5.74) is 1.23. The second-order valence-corrected chi connectivity index (χ2v) is 33.4. The van der Waals surface area contributed by atoms with E-state index in [4.69, 9.17) is 35.8 Å². The summed E-state index contributed by atoms with van der Waals surface area (Å²) in [5.74, 6) is 1.61. The Morgan fingerprint density at radius 2 is 0.800 bits per heavy atom. The van der Waals surface area contributed by atoms with Gasteiger partial charge in [-0.05, 0) is 192 Å². The molecule has 1 saturated carbocycles. The van der Waals surface area contributed by atoms with Crippen molar-refractivity contribution in [2.24, 2.45) is 40.0 Å². The monoisotopic (exact) mass is 1870 g/mol. The first-order chi connectivity index (χ1) is 64.3. The van der Waals surface area contributed by atoms with Crippen molar-refractivity contribution in [2.75, 3.05) is 33.9 Å². The minimum absolute atomic E-state index is 0.0115. The summed E-state index contributed by atoms with van der Waals surface area (Å²) in [7, 11) is 9.78. The smallest absolute Gasteiger partial charge is 0.433 e. The topological polar surface area (TPSA) is 338 Å². The maximum absolute atomic E-state index is 13.5. The van der Waals surface area contributed by atoms with Crippen LogP contribution in [0.2, 0.25) is 5.02 Å². The number of pyridine rings is 7. The van der Waals surface area contributed by atoms with Crippen LogP contribution in [0.4, 0.5) is 39.5 Å². The number of nitriles is 2. The second-order valence-electron chi connectivity index (χ2n) is 33.1. The van der Waals surface area contributed by atoms with E-state index in [1.54, 1.807) is 94.7 Å². The van der Waals surface area contributed by atoms with Gasteiger partial charge in [-0.1, -0.05) is 77.4 Å². The van der Waals surface area contributed by atoms with Crippen LogP contribution in [0.5, 0.6) is 17.5 Å². The maximum Gasteiger partial charge on any atom is 0.433 e. The SMILES string of the molecule is CCc1c(OC)nc2ccc(C(O)(c3ccnc(C(F)(F)F)c3)c3cncn3C)cc2c1C#N.CCc1c(OC)nc2ccc(C(O)(c3ccnc(C(F)(F)F)c3)c3cncn3C)cc2c1Cl.CCc1nc2ccc(C(O)(c3ccnc(C(F)(F)F)c3)c3cncn3C)cc2c(CC)c1CC.CCc1nc2ccc(C(O)(c3cncn3C)C3CN(C(C)=O)C3)cc2c(C#N)c1OCC1CC1. The van der Waals surface area contributed by atoms with Crippen LogP contribution in [0.1, 0.15) is 185 Å². The van der Waals surface area contributed by atoms with E-state index in [2.05, 4.69) is 77.8 Å². The molecule has 0 radical (unpaired) electrons. The molecular weight excluding hydrogens is 1780 g/mol. The lowest BCUT2D eigenvalue weighted by Gasteiger charge is -2.48. The standard InChI is InChI=1S/C26H27F3N4O.C26H29N5O3.C24H20F3N5O2.C23H20ClF3N4O2/c1-5-18-19(6-2)21(7-3)32-22-9-8-16(12-20(18)22)25(34,24-14-30-15-33(24)4)17-10-11-31-23(13-17)26(27,28)29;1-4-22-25(34-14-17-5-6-17)21(10-27)20-9-18(7-8-23(20)29-22)26(33,24-11-28-15-30(24)3)19-12-31(13-19)16(2)32;1-4-16-18(11-28)17-9-14(5-6-19(17)31-22(16)34-3)23(33,21-12-29-13-32(21)2)15-7-8-30-20(10-15)24(25,26)27;1-4-15-20(24)16-9-13(5-6-17(16)30-21(15)33-3)22(32,19-11-28-12-31(19)2)14-7-8-29-18(10-14)23(25,26)27/h8-15,34H,5-7H2,1-4H3;7-9,11,15,17,19,33H,4-6,12-14H2,1-3H3;5-10,12-13,33H,4H2,1-3H3;5-12,32H,4H2,1-3H3. The number of likely N-dealkylation sites (tertiary alicyclic amines) is 1. The van der Waals surface area contributed by atoms with Gasteiger partial charge >= 0.3 is 18.5 Å². The van der Waals surface area contributed by atoms with Gasteiger partial charge in [-0.15, -0.1) is 0 Å². The number of methoxy groups -OCH3 is 2. The Morgan fingerprint density at radius 3 is 1.18 bits per heavy atom. The minimum atomic E-state index is -4.70. The number of benzene rings is 4. The lowest BCUT2D eigenvalue weighted by molar-refractivity contribution is -0.143. The van der Waals surface area contributed by atoms with Crippen LogP contribution in [0.3, 0.4) is 0 Å². The number of hydrogen-bond acceptors (Lipinski definition) is 21. The highest BCUT2D eigenvalue weighted by molar-refractivity contribution is 6.36. The molecule has 4 unspecified atom stereocenters. The number of hydrogen-bond donors (Lipinski definition) is 4. The molecule has 36 heteroatoms. The number of aryl methyl sites for hydroxylation is 7. The first-order valence-electron chi connectivity index (χ1n) is 43.4. The molecule has 17 rings (SSSR count). The maximum atomic E-state index is 13.5.